The number of rotatable bonds is 9. The summed E-state index contributed by atoms with van der Waals surface area (Å²) in [5.74, 6) is -2.00. The van der Waals surface area contributed by atoms with Crippen molar-refractivity contribution in [2.45, 2.75) is 44.6 Å². The summed E-state index contributed by atoms with van der Waals surface area (Å²) in [5.41, 5.74) is 2.77. The lowest BCUT2D eigenvalue weighted by molar-refractivity contribution is -0.763. The Morgan fingerprint density at radius 3 is 2.56 bits per heavy atom. The van der Waals surface area contributed by atoms with Gasteiger partial charge in [-0.3, -0.25) is 24.2 Å². The molecule has 2 amide bonds. The van der Waals surface area contributed by atoms with Crippen LogP contribution in [-0.4, -0.2) is 77.4 Å². The Kier molecular flexibility index (Phi) is 9.37. The number of halogens is 2. The van der Waals surface area contributed by atoms with E-state index in [1.807, 2.05) is 42.5 Å². The number of pyridine rings is 1. The highest BCUT2D eigenvalue weighted by Gasteiger charge is 2.46. The van der Waals surface area contributed by atoms with Crippen LogP contribution in [0.3, 0.4) is 0 Å². The summed E-state index contributed by atoms with van der Waals surface area (Å²) in [6.07, 6.45) is 8.98. The number of aliphatic imine (C=N–C) groups is 1. The van der Waals surface area contributed by atoms with Gasteiger partial charge in [-0.25, -0.2) is 9.88 Å². The number of aromatic nitrogens is 1. The molecule has 1 aliphatic carbocycles. The lowest BCUT2D eigenvalue weighted by Gasteiger charge is -2.38. The molecule has 2 N–H and O–H groups in total. The number of anilines is 2. The normalized spacial score (nSPS) is 24.3. The summed E-state index contributed by atoms with van der Waals surface area (Å²) in [7, 11) is 0. The van der Waals surface area contributed by atoms with Crippen molar-refractivity contribution in [1.82, 2.24) is 20.3 Å². The average Bonchev–Trinajstić information content (AvgIpc) is 3.83. The number of hydrogen-bond donors (Lipinski definition) is 2. The second-order valence-electron chi connectivity index (χ2n) is 14.0. The fourth-order valence-corrected chi connectivity index (χ4v) is 7.94. The molecule has 0 spiro atoms. The topological polar surface area (TPSA) is 112 Å². The van der Waals surface area contributed by atoms with Crippen molar-refractivity contribution in [1.29, 1.82) is 0 Å². The third-order valence-electron chi connectivity index (χ3n) is 10.7. The van der Waals surface area contributed by atoms with Crippen LogP contribution in [0.1, 0.15) is 49.0 Å². The molecule has 11 nitrogen and oxygen atoms in total. The molecule has 1 saturated carbocycles. The van der Waals surface area contributed by atoms with Gasteiger partial charge in [0, 0.05) is 30.5 Å². The summed E-state index contributed by atoms with van der Waals surface area (Å²) in [4.78, 5) is 54.2. The highest BCUT2D eigenvalue weighted by Crippen LogP contribution is 2.42. The van der Waals surface area contributed by atoms with Crippen LogP contribution in [0.25, 0.3) is 11.1 Å². The molecule has 0 radical (unpaired) electrons. The van der Waals surface area contributed by atoms with Gasteiger partial charge < -0.3 is 10.1 Å². The average molecular weight is 709 g/mol. The lowest BCUT2D eigenvalue weighted by Crippen LogP contribution is -3.11. The fourth-order valence-electron chi connectivity index (χ4n) is 7.94. The molecule has 2 unspecified atom stereocenters. The Morgan fingerprint density at radius 2 is 1.77 bits per heavy atom. The number of carbonyl (C=O) groups excluding carboxylic acids is 3. The molecule has 1 saturated heterocycles. The molecule has 2 aromatic carbocycles. The minimum atomic E-state index is -1.04. The largest absolute Gasteiger partial charge is 0.492 e. The number of ketones is 1. The SMILES string of the molecule is O=C(NC1CCC(C2C(=O)c3nc(F)ccc3N(c3cccc(-c4ccc(OCCN5CCCC5)cc4)c3)C2=O)CC1)C1=C[NH+]2CN(F)C=CC2=N1. The van der Waals surface area contributed by atoms with Crippen LogP contribution in [0.2, 0.25) is 0 Å². The highest BCUT2D eigenvalue weighted by molar-refractivity contribution is 6.23. The first-order valence-electron chi connectivity index (χ1n) is 18.0. The van der Waals surface area contributed by atoms with E-state index in [1.54, 1.807) is 12.3 Å². The van der Waals surface area contributed by atoms with E-state index in [1.165, 1.54) is 36.1 Å². The van der Waals surface area contributed by atoms with Crippen molar-refractivity contribution >= 4 is 34.8 Å². The van der Waals surface area contributed by atoms with Gasteiger partial charge in [0.05, 0.1) is 5.69 Å². The predicted molar refractivity (Wildman–Crippen MR) is 190 cm³/mol. The molecule has 13 heteroatoms. The summed E-state index contributed by atoms with van der Waals surface area (Å²) >= 11 is 0. The second-order valence-corrected chi connectivity index (χ2v) is 14.0. The van der Waals surface area contributed by atoms with Crippen LogP contribution in [0, 0.1) is 17.8 Å². The molecule has 0 bridgehead atoms. The Bertz CT molecular complexity index is 1970. The first-order chi connectivity index (χ1) is 25.3. The van der Waals surface area contributed by atoms with E-state index in [0.29, 0.717) is 53.8 Å². The number of Topliss-reactive ketones (excluding diaryl/α,β-unsaturated/α-hetero) is 1. The van der Waals surface area contributed by atoms with E-state index in [9.17, 15) is 23.3 Å². The molecule has 268 valence electrons. The van der Waals surface area contributed by atoms with Crippen LogP contribution in [0.15, 0.2) is 89.8 Å². The lowest BCUT2D eigenvalue weighted by atomic mass is 9.73. The molecular weight excluding hydrogens is 668 g/mol. The monoisotopic (exact) mass is 708 g/mol. The zero-order valence-electron chi connectivity index (χ0n) is 28.6. The van der Waals surface area contributed by atoms with Gasteiger partial charge in [-0.1, -0.05) is 28.7 Å². The number of carbonyl (C=O) groups is 3. The summed E-state index contributed by atoms with van der Waals surface area (Å²) < 4.78 is 34.1. The molecule has 5 aliphatic rings. The van der Waals surface area contributed by atoms with Crippen LogP contribution < -0.4 is 19.9 Å². The van der Waals surface area contributed by atoms with Gasteiger partial charge >= 0.3 is 0 Å². The number of nitrogens with one attached hydrogen (secondary N) is 2. The predicted octanol–water partition coefficient (Wildman–Crippen LogP) is 4.32. The van der Waals surface area contributed by atoms with Gasteiger partial charge in [0.1, 0.15) is 30.2 Å². The van der Waals surface area contributed by atoms with E-state index >= 15 is 0 Å². The van der Waals surface area contributed by atoms with Crippen molar-refractivity contribution < 1.29 is 32.9 Å². The molecule has 1 aromatic heterocycles. The zero-order valence-corrected chi connectivity index (χ0v) is 28.6. The number of amidine groups is 1. The number of fused-ring (bicyclic) bond motifs is 2. The van der Waals surface area contributed by atoms with E-state index in [-0.39, 0.29) is 47.5 Å². The van der Waals surface area contributed by atoms with Crippen molar-refractivity contribution in [3.63, 3.8) is 0 Å². The minimum Gasteiger partial charge on any atom is -0.492 e. The quantitative estimate of drug-likeness (QED) is 0.194. The standard InChI is InChI=1S/C39H39F2N7O4/c40-33-15-14-32-36(44-33)37(49)35(26-6-10-28(11-7-26)42-38(50)31-23-46-24-47(41)19-16-34(46)43-31)39(51)48(32)29-5-3-4-27(22-29)25-8-12-30(13-9-25)52-21-20-45-17-1-2-18-45/h3-5,8-9,12-16,19,22-23,26,28,35H,1-2,6-7,10-11,17-18,20-21,24H2,(H,42,50)/p+1. The summed E-state index contributed by atoms with van der Waals surface area (Å²) in [6.45, 7) is 3.82. The van der Waals surface area contributed by atoms with Crippen molar-refractivity contribution in [2.75, 3.05) is 37.8 Å². The number of hydrogen-bond acceptors (Lipinski definition) is 8. The van der Waals surface area contributed by atoms with E-state index in [4.69, 9.17) is 4.74 Å². The van der Waals surface area contributed by atoms with Gasteiger partial charge in [-0.05, 0) is 105 Å². The number of amides is 2. The minimum absolute atomic E-state index is 0.0332. The fraction of sp³-hybridized carbons (Fsp3) is 0.359. The molecule has 52 heavy (non-hydrogen) atoms. The number of ether oxygens (including phenoxy) is 1. The molecular formula is C39H40F2N7O4+. The van der Waals surface area contributed by atoms with Crippen LogP contribution in [0.5, 0.6) is 5.75 Å². The van der Waals surface area contributed by atoms with Crippen LogP contribution in [-0.2, 0) is 9.59 Å². The first kappa shape index (κ1) is 33.9. The maximum atomic E-state index is 14.5. The number of quaternary nitrogens is 1. The van der Waals surface area contributed by atoms with Crippen molar-refractivity contribution in [2.24, 2.45) is 16.8 Å². The van der Waals surface area contributed by atoms with E-state index in [0.717, 1.165) is 42.6 Å². The molecule has 3 aromatic rings. The maximum Gasteiger partial charge on any atom is 0.275 e. The Labute approximate surface area is 300 Å². The molecule has 2 fully saturated rings. The number of nitrogens with zero attached hydrogens (tertiary/aromatic N) is 5. The molecule has 4 aliphatic heterocycles. The molecule has 8 rings (SSSR count). The Hall–Kier alpha value is -5.27. The third kappa shape index (κ3) is 6.85. The van der Waals surface area contributed by atoms with E-state index in [2.05, 4.69) is 20.2 Å². The Morgan fingerprint density at radius 1 is 0.981 bits per heavy atom. The summed E-state index contributed by atoms with van der Waals surface area (Å²) in [5, 5.41) is 3.56. The highest BCUT2D eigenvalue weighted by atomic mass is 19.2. The van der Waals surface area contributed by atoms with Gasteiger partial charge in [-0.15, -0.1) is 0 Å². The third-order valence-corrected chi connectivity index (χ3v) is 10.7. The van der Waals surface area contributed by atoms with Gasteiger partial charge in [0.2, 0.25) is 17.7 Å². The van der Waals surface area contributed by atoms with E-state index < -0.39 is 17.6 Å². The number of benzene rings is 2. The Balaban J connectivity index is 0.963. The maximum absolute atomic E-state index is 14.5. The second kappa shape index (κ2) is 14.4. The molecule has 5 heterocycles. The van der Waals surface area contributed by atoms with Crippen LogP contribution >= 0.6 is 0 Å². The van der Waals surface area contributed by atoms with Gasteiger partial charge in [0.25, 0.3) is 5.91 Å². The van der Waals surface area contributed by atoms with Crippen molar-refractivity contribution in [3.05, 3.63) is 96.5 Å². The van der Waals surface area contributed by atoms with Crippen molar-refractivity contribution in [3.8, 4) is 16.9 Å². The van der Waals surface area contributed by atoms with Gasteiger partial charge in [0.15, 0.2) is 18.1 Å². The summed E-state index contributed by atoms with van der Waals surface area (Å²) in [6, 6.07) is 17.8. The van der Waals surface area contributed by atoms with Crippen LogP contribution in [0.4, 0.5) is 20.2 Å². The molecule has 2 atom stereocenters. The first-order valence-corrected chi connectivity index (χ1v) is 18.0. The zero-order chi connectivity index (χ0) is 35.8. The van der Waals surface area contributed by atoms with Gasteiger partial charge in [-0.2, -0.15) is 14.5 Å². The number of likely N-dealkylation sites (tertiary alicyclic amines) is 1. The smallest absolute Gasteiger partial charge is 0.275 e.